The van der Waals surface area contributed by atoms with Gasteiger partial charge in [-0.3, -0.25) is 4.79 Å². The first-order valence-corrected chi connectivity index (χ1v) is 7.28. The van der Waals surface area contributed by atoms with E-state index in [0.717, 1.165) is 18.4 Å². The lowest BCUT2D eigenvalue weighted by Gasteiger charge is -2.04. The Morgan fingerprint density at radius 2 is 1.53 bits per heavy atom. The molecule has 0 amide bonds. The first-order chi connectivity index (χ1) is 9.28. The summed E-state index contributed by atoms with van der Waals surface area (Å²) in [6.45, 7) is 2.24. The molecule has 0 aromatic heterocycles. The van der Waals surface area contributed by atoms with Crippen LogP contribution in [0.15, 0.2) is 48.1 Å². The van der Waals surface area contributed by atoms with Crippen molar-refractivity contribution in [2.45, 2.75) is 45.4 Å². The summed E-state index contributed by atoms with van der Waals surface area (Å²) in [4.78, 5) is 11.1. The Bertz CT molecular complexity index is 477. The van der Waals surface area contributed by atoms with E-state index in [-0.39, 0.29) is 5.78 Å². The second-order valence-electron chi connectivity index (χ2n) is 5.23. The highest BCUT2D eigenvalue weighted by Gasteiger charge is 2.04. The number of benzene rings is 1. The van der Waals surface area contributed by atoms with Gasteiger partial charge in [-0.25, -0.2) is 0 Å². The third-order valence-electron chi connectivity index (χ3n) is 3.58. The number of unbranched alkanes of at least 4 members (excludes halogenated alkanes) is 2. The summed E-state index contributed by atoms with van der Waals surface area (Å²) in [6.07, 6.45) is 12.4. The van der Waals surface area contributed by atoms with E-state index >= 15 is 0 Å². The molecule has 2 rings (SSSR count). The Morgan fingerprint density at radius 3 is 2.11 bits per heavy atom. The van der Waals surface area contributed by atoms with Crippen molar-refractivity contribution in [3.8, 4) is 0 Å². The number of aryl methyl sites for hydroxylation is 2. The highest BCUT2D eigenvalue weighted by Crippen LogP contribution is 2.15. The van der Waals surface area contributed by atoms with Crippen LogP contribution >= 0.6 is 0 Å². The third kappa shape index (κ3) is 4.51. The number of carbonyl (C=O) groups is 1. The summed E-state index contributed by atoms with van der Waals surface area (Å²) < 4.78 is 0. The van der Waals surface area contributed by atoms with Crippen LogP contribution in [0.25, 0.3) is 0 Å². The molecule has 0 spiro atoms. The molecule has 0 saturated heterocycles. The minimum absolute atomic E-state index is 0.126. The lowest BCUT2D eigenvalue weighted by Crippen LogP contribution is -1.90. The van der Waals surface area contributed by atoms with E-state index in [1.807, 2.05) is 6.08 Å². The zero-order valence-corrected chi connectivity index (χ0v) is 11.7. The minimum Gasteiger partial charge on any atom is -0.290 e. The molecular formula is C18H22O. The van der Waals surface area contributed by atoms with Gasteiger partial charge in [0.15, 0.2) is 5.78 Å². The van der Waals surface area contributed by atoms with E-state index in [9.17, 15) is 4.79 Å². The summed E-state index contributed by atoms with van der Waals surface area (Å²) in [5, 5.41) is 0. The van der Waals surface area contributed by atoms with Crippen LogP contribution in [0.4, 0.5) is 0 Å². The number of hydrogen-bond acceptors (Lipinski definition) is 1. The quantitative estimate of drug-likeness (QED) is 0.658. The van der Waals surface area contributed by atoms with Gasteiger partial charge in [-0.1, -0.05) is 50.1 Å². The van der Waals surface area contributed by atoms with Crippen molar-refractivity contribution in [2.75, 3.05) is 0 Å². The Hall–Kier alpha value is -1.63. The summed E-state index contributed by atoms with van der Waals surface area (Å²) >= 11 is 0. The molecule has 0 radical (unpaired) electrons. The number of carbonyl (C=O) groups excluding carboxylic acids is 1. The Balaban J connectivity index is 1.80. The van der Waals surface area contributed by atoms with Gasteiger partial charge >= 0.3 is 0 Å². The van der Waals surface area contributed by atoms with E-state index in [4.69, 9.17) is 0 Å². The van der Waals surface area contributed by atoms with Gasteiger partial charge < -0.3 is 0 Å². The third-order valence-corrected chi connectivity index (χ3v) is 3.58. The summed E-state index contributed by atoms with van der Waals surface area (Å²) in [6, 6.07) is 8.94. The van der Waals surface area contributed by atoms with Gasteiger partial charge in [0.05, 0.1) is 0 Å². The standard InChI is InChI=1S/C18H22O/c1-2-3-4-5-15-6-8-16(9-7-15)10-11-17-12-13-18(19)14-17/h6-9,12-14H,2-5,10-11H2,1H3. The van der Waals surface area contributed by atoms with E-state index in [2.05, 4.69) is 31.2 Å². The second kappa shape index (κ2) is 7.08. The molecular weight excluding hydrogens is 232 g/mol. The molecule has 1 nitrogen and oxygen atoms in total. The maximum Gasteiger partial charge on any atom is 0.178 e. The molecule has 0 bridgehead atoms. The fraction of sp³-hybridized carbons (Fsp3) is 0.389. The highest BCUT2D eigenvalue weighted by atomic mass is 16.1. The molecule has 1 aromatic carbocycles. The average molecular weight is 254 g/mol. The van der Waals surface area contributed by atoms with Gasteiger partial charge in [0, 0.05) is 0 Å². The fourth-order valence-electron chi connectivity index (χ4n) is 2.36. The first-order valence-electron chi connectivity index (χ1n) is 7.28. The van der Waals surface area contributed by atoms with Gasteiger partial charge in [0.25, 0.3) is 0 Å². The van der Waals surface area contributed by atoms with Gasteiger partial charge in [-0.05, 0) is 54.5 Å². The zero-order chi connectivity index (χ0) is 13.5. The smallest absolute Gasteiger partial charge is 0.178 e. The number of hydrogen-bond donors (Lipinski definition) is 0. The average Bonchev–Trinajstić information content (AvgIpc) is 2.84. The van der Waals surface area contributed by atoms with E-state index in [0.29, 0.717) is 0 Å². The molecule has 1 aliphatic rings. The van der Waals surface area contributed by atoms with Crippen LogP contribution in [-0.2, 0) is 17.6 Å². The van der Waals surface area contributed by atoms with Crippen LogP contribution in [0.5, 0.6) is 0 Å². The molecule has 0 heterocycles. The maximum atomic E-state index is 11.1. The molecule has 0 unspecified atom stereocenters. The van der Waals surface area contributed by atoms with Gasteiger partial charge in [0.2, 0.25) is 0 Å². The number of rotatable bonds is 7. The predicted molar refractivity (Wildman–Crippen MR) is 80.2 cm³/mol. The molecule has 0 fully saturated rings. The molecule has 0 aliphatic heterocycles. The van der Waals surface area contributed by atoms with Crippen molar-refractivity contribution in [2.24, 2.45) is 0 Å². The van der Waals surface area contributed by atoms with Crippen molar-refractivity contribution < 1.29 is 4.79 Å². The normalized spacial score (nSPS) is 13.9. The number of allylic oxidation sites excluding steroid dienone is 4. The molecule has 1 heteroatoms. The van der Waals surface area contributed by atoms with Crippen molar-refractivity contribution in [3.05, 3.63) is 59.2 Å². The molecule has 1 aliphatic carbocycles. The predicted octanol–water partition coefficient (Wildman–Crippen LogP) is 4.42. The highest BCUT2D eigenvalue weighted by molar-refractivity contribution is 6.03. The molecule has 1 aromatic rings. The summed E-state index contributed by atoms with van der Waals surface area (Å²) in [5.74, 6) is 0.126. The van der Waals surface area contributed by atoms with Crippen LogP contribution in [0.1, 0.15) is 43.7 Å². The van der Waals surface area contributed by atoms with Crippen molar-refractivity contribution >= 4 is 5.78 Å². The molecule has 0 N–H and O–H groups in total. The van der Waals surface area contributed by atoms with Crippen LogP contribution in [0.2, 0.25) is 0 Å². The molecule has 19 heavy (non-hydrogen) atoms. The molecule has 0 atom stereocenters. The number of ketones is 1. The van der Waals surface area contributed by atoms with Gasteiger partial charge in [-0.2, -0.15) is 0 Å². The first kappa shape index (κ1) is 13.8. The fourth-order valence-corrected chi connectivity index (χ4v) is 2.36. The minimum atomic E-state index is 0.126. The largest absolute Gasteiger partial charge is 0.290 e. The van der Waals surface area contributed by atoms with Crippen LogP contribution in [-0.4, -0.2) is 5.78 Å². The second-order valence-corrected chi connectivity index (χ2v) is 5.23. The maximum absolute atomic E-state index is 11.1. The topological polar surface area (TPSA) is 17.1 Å². The zero-order valence-electron chi connectivity index (χ0n) is 11.7. The molecule has 0 saturated carbocycles. The summed E-state index contributed by atoms with van der Waals surface area (Å²) in [7, 11) is 0. The van der Waals surface area contributed by atoms with Gasteiger partial charge in [-0.15, -0.1) is 0 Å². The van der Waals surface area contributed by atoms with Crippen molar-refractivity contribution in [1.82, 2.24) is 0 Å². The van der Waals surface area contributed by atoms with E-state index in [1.165, 1.54) is 36.8 Å². The lowest BCUT2D eigenvalue weighted by atomic mass is 10.0. The van der Waals surface area contributed by atoms with Gasteiger partial charge in [0.1, 0.15) is 0 Å². The van der Waals surface area contributed by atoms with E-state index < -0.39 is 0 Å². The Morgan fingerprint density at radius 1 is 0.842 bits per heavy atom. The lowest BCUT2D eigenvalue weighted by molar-refractivity contribution is -0.110. The van der Waals surface area contributed by atoms with Crippen molar-refractivity contribution in [3.63, 3.8) is 0 Å². The van der Waals surface area contributed by atoms with Crippen molar-refractivity contribution in [1.29, 1.82) is 0 Å². The van der Waals surface area contributed by atoms with Crippen LogP contribution < -0.4 is 0 Å². The van der Waals surface area contributed by atoms with Crippen LogP contribution in [0, 0.1) is 0 Å². The monoisotopic (exact) mass is 254 g/mol. The SMILES string of the molecule is CCCCCc1ccc(CCC2=CC(=O)C=C2)cc1. The Labute approximate surface area is 116 Å². The van der Waals surface area contributed by atoms with Crippen LogP contribution in [0.3, 0.4) is 0 Å². The summed E-state index contributed by atoms with van der Waals surface area (Å²) in [5.41, 5.74) is 3.94. The molecule has 100 valence electrons. The van der Waals surface area contributed by atoms with E-state index in [1.54, 1.807) is 12.2 Å². The Kier molecular flexibility index (Phi) is 5.14.